The number of rotatable bonds is 3. The van der Waals surface area contributed by atoms with E-state index in [0.29, 0.717) is 5.95 Å². The van der Waals surface area contributed by atoms with Crippen molar-refractivity contribution in [3.8, 4) is 0 Å². The normalized spacial score (nSPS) is 10.4. The van der Waals surface area contributed by atoms with Gasteiger partial charge in [-0.3, -0.25) is 0 Å². The van der Waals surface area contributed by atoms with Gasteiger partial charge in [0.25, 0.3) is 0 Å². The lowest BCUT2D eigenvalue weighted by molar-refractivity contribution is 0.876. The molecule has 16 heavy (non-hydrogen) atoms. The first-order valence-corrected chi connectivity index (χ1v) is 6.57. The van der Waals surface area contributed by atoms with Gasteiger partial charge in [-0.25, -0.2) is 9.97 Å². The molecule has 6 heteroatoms. The van der Waals surface area contributed by atoms with Crippen LogP contribution in [0.3, 0.4) is 0 Å². The first-order chi connectivity index (χ1) is 7.65. The molecule has 0 saturated heterocycles. The molecule has 2 aromatic rings. The summed E-state index contributed by atoms with van der Waals surface area (Å²) >= 11 is 10.8. The summed E-state index contributed by atoms with van der Waals surface area (Å²) in [6, 6.07) is 3.92. The molecule has 0 radical (unpaired) electrons. The molecule has 0 spiro atoms. The maximum Gasteiger partial charge on any atom is 0.225 e. The average molecular weight is 319 g/mol. The monoisotopic (exact) mass is 317 g/mol. The summed E-state index contributed by atoms with van der Waals surface area (Å²) in [6.07, 6.45) is 3.47. The molecule has 0 bridgehead atoms. The summed E-state index contributed by atoms with van der Waals surface area (Å²) in [5.74, 6) is 0.702. The van der Waals surface area contributed by atoms with E-state index in [0.717, 1.165) is 15.4 Å². The summed E-state index contributed by atoms with van der Waals surface area (Å²) in [6.45, 7) is 0.763. The largest absolute Gasteiger partial charge is 0.339 e. The van der Waals surface area contributed by atoms with E-state index in [4.69, 9.17) is 11.6 Å². The lowest BCUT2D eigenvalue weighted by Crippen LogP contribution is -2.18. The predicted molar refractivity (Wildman–Crippen MR) is 71.2 cm³/mol. The average Bonchev–Trinajstić information content (AvgIpc) is 2.65. The molecule has 2 heterocycles. The third-order valence-corrected chi connectivity index (χ3v) is 3.60. The Bertz CT molecular complexity index is 471. The van der Waals surface area contributed by atoms with E-state index in [2.05, 4.69) is 25.9 Å². The van der Waals surface area contributed by atoms with Crippen molar-refractivity contribution in [1.29, 1.82) is 0 Å². The smallest absolute Gasteiger partial charge is 0.225 e. The standard InChI is InChI=1S/C10H9BrClN3S/c1-15(6-8-2-3-9(12)16-8)10-13-4-7(11)5-14-10/h2-5H,6H2,1H3. The van der Waals surface area contributed by atoms with Gasteiger partial charge in [-0.05, 0) is 28.1 Å². The molecule has 0 unspecified atom stereocenters. The molecule has 2 rings (SSSR count). The summed E-state index contributed by atoms with van der Waals surface area (Å²) in [4.78, 5) is 11.6. The van der Waals surface area contributed by atoms with E-state index >= 15 is 0 Å². The van der Waals surface area contributed by atoms with Crippen LogP contribution in [-0.2, 0) is 6.54 Å². The first kappa shape index (κ1) is 11.8. The summed E-state index contributed by atoms with van der Waals surface area (Å²) in [7, 11) is 1.96. The molecule has 0 saturated carbocycles. The van der Waals surface area contributed by atoms with Crippen molar-refractivity contribution in [1.82, 2.24) is 9.97 Å². The van der Waals surface area contributed by atoms with E-state index in [9.17, 15) is 0 Å². The van der Waals surface area contributed by atoms with Gasteiger partial charge in [0, 0.05) is 24.3 Å². The zero-order valence-corrected chi connectivity index (χ0v) is 11.7. The summed E-state index contributed by atoms with van der Waals surface area (Å²) in [5.41, 5.74) is 0. The molecular weight excluding hydrogens is 310 g/mol. The molecule has 0 atom stereocenters. The fourth-order valence-corrected chi connectivity index (χ4v) is 2.59. The minimum absolute atomic E-state index is 0.702. The Morgan fingerprint density at radius 3 is 2.62 bits per heavy atom. The molecule has 0 aromatic carbocycles. The van der Waals surface area contributed by atoms with Crippen molar-refractivity contribution in [2.45, 2.75) is 6.54 Å². The van der Waals surface area contributed by atoms with Crippen LogP contribution in [0.1, 0.15) is 4.88 Å². The predicted octanol–water partition coefficient (Wildman–Crippen LogP) is 3.59. The number of anilines is 1. The van der Waals surface area contributed by atoms with Gasteiger partial charge in [-0.2, -0.15) is 0 Å². The fraction of sp³-hybridized carbons (Fsp3) is 0.200. The van der Waals surface area contributed by atoms with Gasteiger partial charge in [0.2, 0.25) is 5.95 Å². The molecule has 0 N–H and O–H groups in total. The van der Waals surface area contributed by atoms with Gasteiger partial charge >= 0.3 is 0 Å². The highest BCUT2D eigenvalue weighted by Crippen LogP contribution is 2.23. The fourth-order valence-electron chi connectivity index (χ4n) is 1.24. The minimum atomic E-state index is 0.702. The maximum atomic E-state index is 5.87. The van der Waals surface area contributed by atoms with Crippen LogP contribution in [0.15, 0.2) is 29.0 Å². The zero-order chi connectivity index (χ0) is 11.5. The lowest BCUT2D eigenvalue weighted by atomic mass is 10.4. The maximum absolute atomic E-state index is 5.87. The quantitative estimate of drug-likeness (QED) is 0.866. The second-order valence-corrected chi connectivity index (χ2v) is 5.98. The van der Waals surface area contributed by atoms with Crippen LogP contribution in [0.5, 0.6) is 0 Å². The molecular formula is C10H9BrClN3S. The molecule has 84 valence electrons. The van der Waals surface area contributed by atoms with E-state index in [-0.39, 0.29) is 0 Å². The van der Waals surface area contributed by atoms with E-state index in [1.165, 1.54) is 4.88 Å². The van der Waals surface area contributed by atoms with Gasteiger partial charge in [0.15, 0.2) is 0 Å². The van der Waals surface area contributed by atoms with Gasteiger partial charge < -0.3 is 4.90 Å². The Morgan fingerprint density at radius 1 is 1.38 bits per heavy atom. The Morgan fingerprint density at radius 2 is 2.06 bits per heavy atom. The van der Waals surface area contributed by atoms with E-state index < -0.39 is 0 Å². The third kappa shape index (κ3) is 2.93. The van der Waals surface area contributed by atoms with Crippen molar-refractivity contribution in [3.05, 3.63) is 38.2 Å². The number of nitrogens with zero attached hydrogens (tertiary/aromatic N) is 3. The number of aromatic nitrogens is 2. The second kappa shape index (κ2) is 5.12. The Kier molecular flexibility index (Phi) is 3.78. The van der Waals surface area contributed by atoms with Crippen molar-refractivity contribution in [3.63, 3.8) is 0 Å². The molecule has 0 aliphatic rings. The number of hydrogen-bond acceptors (Lipinski definition) is 4. The minimum Gasteiger partial charge on any atom is -0.339 e. The van der Waals surface area contributed by atoms with Crippen LogP contribution in [0.2, 0.25) is 4.34 Å². The Hall–Kier alpha value is -0.650. The number of hydrogen-bond donors (Lipinski definition) is 0. The lowest BCUT2D eigenvalue weighted by Gasteiger charge is -2.15. The summed E-state index contributed by atoms with van der Waals surface area (Å²) < 4.78 is 1.68. The molecule has 0 fully saturated rings. The number of halogens is 2. The third-order valence-electron chi connectivity index (χ3n) is 1.97. The molecule has 2 aromatic heterocycles. The topological polar surface area (TPSA) is 29.0 Å². The molecule has 3 nitrogen and oxygen atoms in total. The first-order valence-electron chi connectivity index (χ1n) is 4.58. The van der Waals surface area contributed by atoms with Crippen LogP contribution < -0.4 is 4.90 Å². The van der Waals surface area contributed by atoms with Crippen LogP contribution in [0.4, 0.5) is 5.95 Å². The Labute approximate surface area is 111 Å². The van der Waals surface area contributed by atoms with Crippen molar-refractivity contribution >= 4 is 44.8 Å². The van der Waals surface area contributed by atoms with Gasteiger partial charge in [-0.15, -0.1) is 11.3 Å². The summed E-state index contributed by atoms with van der Waals surface area (Å²) in [5, 5.41) is 0. The van der Waals surface area contributed by atoms with Crippen molar-refractivity contribution in [2.75, 3.05) is 11.9 Å². The SMILES string of the molecule is CN(Cc1ccc(Cl)s1)c1ncc(Br)cn1. The highest BCUT2D eigenvalue weighted by Gasteiger charge is 2.06. The highest BCUT2D eigenvalue weighted by atomic mass is 79.9. The highest BCUT2D eigenvalue weighted by molar-refractivity contribution is 9.10. The van der Waals surface area contributed by atoms with Crippen LogP contribution in [-0.4, -0.2) is 17.0 Å². The van der Waals surface area contributed by atoms with E-state index in [1.54, 1.807) is 23.7 Å². The van der Waals surface area contributed by atoms with Crippen LogP contribution in [0, 0.1) is 0 Å². The van der Waals surface area contributed by atoms with Crippen molar-refractivity contribution in [2.24, 2.45) is 0 Å². The van der Waals surface area contributed by atoms with Crippen LogP contribution >= 0.6 is 38.9 Å². The zero-order valence-electron chi connectivity index (χ0n) is 8.52. The van der Waals surface area contributed by atoms with Crippen LogP contribution in [0.25, 0.3) is 0 Å². The molecule has 0 aliphatic carbocycles. The van der Waals surface area contributed by atoms with Gasteiger partial charge in [0.05, 0.1) is 15.4 Å². The van der Waals surface area contributed by atoms with Crippen molar-refractivity contribution < 1.29 is 0 Å². The Balaban J connectivity index is 2.08. The molecule has 0 aliphatic heterocycles. The van der Waals surface area contributed by atoms with Gasteiger partial charge in [-0.1, -0.05) is 11.6 Å². The number of thiophene rings is 1. The van der Waals surface area contributed by atoms with Gasteiger partial charge in [0.1, 0.15) is 0 Å². The van der Waals surface area contributed by atoms with E-state index in [1.807, 2.05) is 24.1 Å². The molecule has 0 amide bonds. The second-order valence-electron chi connectivity index (χ2n) is 3.26.